The van der Waals surface area contributed by atoms with Crippen molar-refractivity contribution in [3.63, 3.8) is 0 Å². The van der Waals surface area contributed by atoms with Crippen molar-refractivity contribution in [1.29, 1.82) is 0 Å². The lowest BCUT2D eigenvalue weighted by molar-refractivity contribution is -0.140. The van der Waals surface area contributed by atoms with Gasteiger partial charge in [-0.15, -0.1) is 12.4 Å². The molecule has 9 nitrogen and oxygen atoms in total. The zero-order chi connectivity index (χ0) is 35.1. The van der Waals surface area contributed by atoms with E-state index < -0.39 is 22.6 Å². The fourth-order valence-electron chi connectivity index (χ4n) is 7.71. The summed E-state index contributed by atoms with van der Waals surface area (Å²) in [6.45, 7) is 9.43. The van der Waals surface area contributed by atoms with E-state index in [0.717, 1.165) is 42.4 Å². The van der Waals surface area contributed by atoms with Crippen LogP contribution in [0.2, 0.25) is 0 Å². The Balaban J connectivity index is 0.00000486. The van der Waals surface area contributed by atoms with Crippen LogP contribution in [0.25, 0.3) is 11.3 Å². The van der Waals surface area contributed by atoms with Crippen LogP contribution in [-0.4, -0.2) is 78.6 Å². The van der Waals surface area contributed by atoms with Crippen LogP contribution in [0.3, 0.4) is 0 Å². The van der Waals surface area contributed by atoms with Crippen molar-refractivity contribution < 1.29 is 31.1 Å². The highest BCUT2D eigenvalue weighted by Gasteiger charge is 2.50. The summed E-state index contributed by atoms with van der Waals surface area (Å²) >= 11 is 0. The Labute approximate surface area is 298 Å². The van der Waals surface area contributed by atoms with Gasteiger partial charge in [-0.1, -0.05) is 38.1 Å². The molecule has 2 aliphatic heterocycles. The highest BCUT2D eigenvalue weighted by atomic mass is 35.5. The maximum atomic E-state index is 14.5. The molecule has 272 valence electrons. The van der Waals surface area contributed by atoms with Crippen molar-refractivity contribution >= 4 is 34.3 Å². The molecule has 1 spiro atoms. The normalized spacial score (nSPS) is 20.8. The quantitative estimate of drug-likeness (QED) is 0.281. The largest absolute Gasteiger partial charge is 0.475 e. The number of nitrogens with one attached hydrogen (secondary N) is 1. The monoisotopic (exact) mass is 735 g/mol. The van der Waals surface area contributed by atoms with E-state index in [2.05, 4.69) is 28.5 Å². The molecule has 50 heavy (non-hydrogen) atoms. The second kappa shape index (κ2) is 14.7. The Morgan fingerprint density at radius 3 is 2.32 bits per heavy atom. The smallest absolute Gasteiger partial charge is 0.390 e. The molecule has 1 atom stereocenters. The van der Waals surface area contributed by atoms with Gasteiger partial charge in [0.1, 0.15) is 6.61 Å². The van der Waals surface area contributed by atoms with E-state index in [4.69, 9.17) is 4.74 Å². The molecular weight excluding hydrogens is 691 g/mol. The molecule has 1 amide bonds. The van der Waals surface area contributed by atoms with Gasteiger partial charge in [0, 0.05) is 29.8 Å². The Morgan fingerprint density at radius 2 is 1.68 bits per heavy atom. The lowest BCUT2D eigenvalue weighted by atomic mass is 9.59. The van der Waals surface area contributed by atoms with Crippen LogP contribution in [0.4, 0.5) is 19.1 Å². The number of sulfonamides is 1. The summed E-state index contributed by atoms with van der Waals surface area (Å²) in [7, 11) is -4.18. The molecule has 1 N–H and O–H groups in total. The molecule has 3 aromatic rings. The van der Waals surface area contributed by atoms with Gasteiger partial charge in [-0.05, 0) is 99.7 Å². The first-order valence-corrected chi connectivity index (χ1v) is 18.4. The minimum atomic E-state index is -4.18. The standard InChI is InChI=1S/C36H44F3N5O4S.ClH/c1-23(2)17-27-22-48-31-19-30(32-24(3)7-5-8-25(32)4)40-34(41-31)42-49(46,47)29-10-6-9-26(18-29)33(45)44(27)28-20-35(21-28)11-14-43(15-12-35)16-13-36(37,38)39;/h5-10,18-19,23,27-28H,11-17,20-22H2,1-4H3,(H,40,41,42);1H/t27-;/m1./s1. The number of aromatic nitrogens is 2. The minimum absolute atomic E-state index is 0. The number of hydrogen-bond donors (Lipinski definition) is 1. The van der Waals surface area contributed by atoms with Crippen molar-refractivity contribution in [2.45, 2.75) is 89.4 Å². The summed E-state index contributed by atoms with van der Waals surface area (Å²) < 4.78 is 74.7. The van der Waals surface area contributed by atoms with Crippen LogP contribution in [0.15, 0.2) is 53.4 Å². The molecule has 0 unspecified atom stereocenters. The SMILES string of the molecule is Cc1cccc(C)c1-c1cc2nc(n1)NS(=O)(=O)c1cccc(c1)C(=O)N(C1CC3(CCN(CCC(F)(F)F)CC3)C1)[C@H](CC(C)C)CO2.Cl. The number of anilines is 1. The van der Waals surface area contributed by atoms with Crippen molar-refractivity contribution in [3.05, 3.63) is 65.2 Å². The van der Waals surface area contributed by atoms with Crippen LogP contribution < -0.4 is 9.46 Å². The molecule has 1 saturated carbocycles. The number of carbonyl (C=O) groups excluding carboxylic acids is 1. The van der Waals surface area contributed by atoms with Gasteiger partial charge in [0.05, 0.1) is 23.1 Å². The van der Waals surface area contributed by atoms with E-state index in [-0.39, 0.29) is 77.2 Å². The Morgan fingerprint density at radius 1 is 1.02 bits per heavy atom. The number of halogens is 4. The van der Waals surface area contributed by atoms with Crippen LogP contribution in [0.5, 0.6) is 5.88 Å². The van der Waals surface area contributed by atoms with Crippen LogP contribution in [0.1, 0.15) is 73.9 Å². The van der Waals surface area contributed by atoms with E-state index in [1.54, 1.807) is 18.2 Å². The number of fused-ring (bicyclic) bond motifs is 4. The number of amides is 1. The van der Waals surface area contributed by atoms with E-state index >= 15 is 0 Å². The highest BCUT2D eigenvalue weighted by Crippen LogP contribution is 2.52. The number of rotatable bonds is 6. The third-order valence-corrected chi connectivity index (χ3v) is 11.5. The number of piperidine rings is 1. The summed E-state index contributed by atoms with van der Waals surface area (Å²) in [4.78, 5) is 27.2. The van der Waals surface area contributed by atoms with E-state index in [0.29, 0.717) is 25.2 Å². The zero-order valence-corrected chi connectivity index (χ0v) is 30.4. The molecule has 2 fully saturated rings. The van der Waals surface area contributed by atoms with Crippen molar-refractivity contribution in [3.8, 4) is 17.1 Å². The van der Waals surface area contributed by atoms with Gasteiger partial charge in [-0.3, -0.25) is 4.79 Å². The molecule has 1 aliphatic carbocycles. The molecule has 6 rings (SSSR count). The predicted octanol–water partition coefficient (Wildman–Crippen LogP) is 7.43. The number of alkyl halides is 3. The maximum absolute atomic E-state index is 14.5. The third-order valence-electron chi connectivity index (χ3n) is 10.2. The van der Waals surface area contributed by atoms with E-state index in [1.807, 2.05) is 41.8 Å². The first kappa shape index (κ1) is 37.8. The number of nitrogens with zero attached hydrogens (tertiary/aromatic N) is 4. The second-order valence-electron chi connectivity index (χ2n) is 14.4. The lowest BCUT2D eigenvalue weighted by Gasteiger charge is -2.56. The number of hydrogen-bond acceptors (Lipinski definition) is 7. The van der Waals surface area contributed by atoms with Gasteiger partial charge in [0.15, 0.2) is 0 Å². The summed E-state index contributed by atoms with van der Waals surface area (Å²) in [6.07, 6.45) is -1.34. The van der Waals surface area contributed by atoms with Gasteiger partial charge in [0.2, 0.25) is 11.8 Å². The fourth-order valence-corrected chi connectivity index (χ4v) is 8.70. The number of carbonyl (C=O) groups is 1. The number of likely N-dealkylation sites (tertiary alicyclic amines) is 1. The average Bonchev–Trinajstić information content (AvgIpc) is 3.01. The highest BCUT2D eigenvalue weighted by molar-refractivity contribution is 7.92. The van der Waals surface area contributed by atoms with Gasteiger partial charge in [-0.2, -0.15) is 18.2 Å². The lowest BCUT2D eigenvalue weighted by Crippen LogP contribution is -2.60. The fraction of sp³-hybridized carbons (Fsp3) is 0.528. The Kier molecular flexibility index (Phi) is 11.1. The Bertz CT molecular complexity index is 1790. The number of benzene rings is 2. The first-order valence-electron chi connectivity index (χ1n) is 16.9. The topological polar surface area (TPSA) is 105 Å². The Hall–Kier alpha value is -3.42. The predicted molar refractivity (Wildman–Crippen MR) is 188 cm³/mol. The van der Waals surface area contributed by atoms with Crippen LogP contribution in [0, 0.1) is 25.2 Å². The molecule has 1 saturated heterocycles. The third kappa shape index (κ3) is 8.37. The maximum Gasteiger partial charge on any atom is 0.390 e. The number of ether oxygens (including phenoxy) is 1. The summed E-state index contributed by atoms with van der Waals surface area (Å²) in [5.74, 6) is -0.00767. The summed E-state index contributed by atoms with van der Waals surface area (Å²) in [6, 6.07) is 13.1. The molecule has 2 aromatic carbocycles. The number of aryl methyl sites for hydroxylation is 2. The van der Waals surface area contributed by atoms with Gasteiger partial charge >= 0.3 is 6.18 Å². The van der Waals surface area contributed by atoms with E-state index in [1.165, 1.54) is 12.1 Å². The first-order chi connectivity index (χ1) is 23.1. The van der Waals surface area contributed by atoms with Crippen molar-refractivity contribution in [2.75, 3.05) is 31.0 Å². The molecule has 3 heterocycles. The molecule has 3 aliphatic rings. The zero-order valence-electron chi connectivity index (χ0n) is 28.8. The molecule has 4 bridgehead atoms. The molecular formula is C36H45ClF3N5O4S. The molecule has 14 heteroatoms. The summed E-state index contributed by atoms with van der Waals surface area (Å²) in [5, 5.41) is 0. The van der Waals surface area contributed by atoms with Crippen LogP contribution >= 0.6 is 12.4 Å². The van der Waals surface area contributed by atoms with Crippen molar-refractivity contribution in [1.82, 2.24) is 19.8 Å². The summed E-state index contributed by atoms with van der Waals surface area (Å²) in [5.41, 5.74) is 3.50. The van der Waals surface area contributed by atoms with Crippen molar-refractivity contribution in [2.24, 2.45) is 11.3 Å². The van der Waals surface area contributed by atoms with Gasteiger partial charge in [0.25, 0.3) is 15.9 Å². The van der Waals surface area contributed by atoms with Gasteiger partial charge in [-0.25, -0.2) is 18.1 Å². The second-order valence-corrected chi connectivity index (χ2v) is 16.1. The van der Waals surface area contributed by atoms with Gasteiger partial charge < -0.3 is 14.5 Å². The average molecular weight is 736 g/mol. The molecule has 1 aromatic heterocycles. The van der Waals surface area contributed by atoms with Crippen LogP contribution in [-0.2, 0) is 10.0 Å². The van der Waals surface area contributed by atoms with E-state index in [9.17, 15) is 26.4 Å². The minimum Gasteiger partial charge on any atom is -0.475 e. The molecule has 0 radical (unpaired) electrons.